The Morgan fingerprint density at radius 3 is 2.29 bits per heavy atom. The van der Waals surface area contributed by atoms with E-state index in [2.05, 4.69) is 21.2 Å². The second-order valence-electron chi connectivity index (χ2n) is 7.59. The van der Waals surface area contributed by atoms with Gasteiger partial charge in [0.25, 0.3) is 5.91 Å². The summed E-state index contributed by atoms with van der Waals surface area (Å²) >= 11 is 0. The number of aryl methyl sites for hydroxylation is 2. The minimum absolute atomic E-state index is 0.170. The van der Waals surface area contributed by atoms with Crippen molar-refractivity contribution in [2.24, 2.45) is 5.10 Å². The number of benzene rings is 3. The highest BCUT2D eigenvalue weighted by molar-refractivity contribution is 6.39. The number of nitrogens with one attached hydrogen (secondary N) is 3. The van der Waals surface area contributed by atoms with Gasteiger partial charge < -0.3 is 20.1 Å². The molecule has 0 aliphatic carbocycles. The summed E-state index contributed by atoms with van der Waals surface area (Å²) in [6.07, 6.45) is 1.39. The van der Waals surface area contributed by atoms with E-state index >= 15 is 0 Å². The first kappa shape index (κ1) is 25.0. The summed E-state index contributed by atoms with van der Waals surface area (Å²) in [6.45, 7) is 3.71. The third kappa shape index (κ3) is 7.71. The zero-order valence-corrected chi connectivity index (χ0v) is 19.6. The molecule has 3 rings (SSSR count). The van der Waals surface area contributed by atoms with E-state index in [-0.39, 0.29) is 12.5 Å². The average molecular weight is 475 g/mol. The molecule has 0 aliphatic rings. The van der Waals surface area contributed by atoms with E-state index in [4.69, 9.17) is 9.47 Å². The van der Waals surface area contributed by atoms with Crippen molar-refractivity contribution in [3.8, 4) is 11.5 Å². The number of carbonyl (C=O) groups excluding carboxylic acids is 3. The van der Waals surface area contributed by atoms with Crippen molar-refractivity contribution in [1.82, 2.24) is 5.43 Å². The van der Waals surface area contributed by atoms with Gasteiger partial charge in [-0.3, -0.25) is 14.4 Å². The van der Waals surface area contributed by atoms with Crippen LogP contribution in [0.15, 0.2) is 71.8 Å². The first-order valence-electron chi connectivity index (χ1n) is 10.7. The molecule has 0 bridgehead atoms. The molecule has 180 valence electrons. The van der Waals surface area contributed by atoms with Crippen LogP contribution >= 0.6 is 0 Å². The maximum absolute atomic E-state index is 12.1. The van der Waals surface area contributed by atoms with Crippen molar-refractivity contribution >= 4 is 35.3 Å². The fourth-order valence-corrected chi connectivity index (χ4v) is 2.92. The molecular weight excluding hydrogens is 448 g/mol. The SMILES string of the molecule is COc1cccc(NC(=O)COc2ccc(/C=N\NC(=O)C(=O)Nc3ccc(C)c(C)c3)cc2)c1. The molecule has 9 nitrogen and oxygen atoms in total. The fourth-order valence-electron chi connectivity index (χ4n) is 2.92. The van der Waals surface area contributed by atoms with Crippen LogP contribution in [0.4, 0.5) is 11.4 Å². The molecule has 0 saturated carbocycles. The summed E-state index contributed by atoms with van der Waals surface area (Å²) in [5.74, 6) is -0.896. The smallest absolute Gasteiger partial charge is 0.329 e. The molecule has 0 heterocycles. The van der Waals surface area contributed by atoms with Crippen molar-refractivity contribution in [3.63, 3.8) is 0 Å². The molecule has 0 atom stereocenters. The first-order valence-corrected chi connectivity index (χ1v) is 10.7. The predicted octanol–water partition coefficient (Wildman–Crippen LogP) is 3.42. The number of ether oxygens (including phenoxy) is 2. The number of hydrogen-bond donors (Lipinski definition) is 3. The highest BCUT2D eigenvalue weighted by Gasteiger charge is 2.13. The van der Waals surface area contributed by atoms with E-state index in [1.54, 1.807) is 67.8 Å². The maximum Gasteiger partial charge on any atom is 0.329 e. The number of rotatable bonds is 8. The first-order chi connectivity index (χ1) is 16.8. The van der Waals surface area contributed by atoms with Gasteiger partial charge in [-0.05, 0) is 79.1 Å². The Balaban J connectivity index is 1.43. The van der Waals surface area contributed by atoms with Gasteiger partial charge in [0.1, 0.15) is 11.5 Å². The monoisotopic (exact) mass is 474 g/mol. The van der Waals surface area contributed by atoms with Crippen LogP contribution in [0.5, 0.6) is 11.5 Å². The molecule has 0 radical (unpaired) electrons. The van der Waals surface area contributed by atoms with Gasteiger partial charge in [0.05, 0.1) is 13.3 Å². The third-order valence-corrected chi connectivity index (χ3v) is 4.95. The lowest BCUT2D eigenvalue weighted by Gasteiger charge is -2.08. The van der Waals surface area contributed by atoms with Gasteiger partial charge in [-0.2, -0.15) is 5.10 Å². The Hall–Kier alpha value is -4.66. The second-order valence-corrected chi connectivity index (χ2v) is 7.59. The molecule has 3 aromatic carbocycles. The predicted molar refractivity (Wildman–Crippen MR) is 134 cm³/mol. The van der Waals surface area contributed by atoms with Crippen molar-refractivity contribution in [2.45, 2.75) is 13.8 Å². The van der Waals surface area contributed by atoms with Gasteiger partial charge in [0.2, 0.25) is 0 Å². The lowest BCUT2D eigenvalue weighted by molar-refractivity contribution is -0.136. The fraction of sp³-hybridized carbons (Fsp3) is 0.154. The van der Waals surface area contributed by atoms with Crippen LogP contribution in [-0.2, 0) is 14.4 Å². The highest BCUT2D eigenvalue weighted by atomic mass is 16.5. The van der Waals surface area contributed by atoms with Crippen LogP contribution in [0.25, 0.3) is 0 Å². The second kappa shape index (κ2) is 12.0. The van der Waals surface area contributed by atoms with Crippen molar-refractivity contribution in [3.05, 3.63) is 83.4 Å². The van der Waals surface area contributed by atoms with Gasteiger partial charge in [-0.15, -0.1) is 0 Å². The molecule has 0 unspecified atom stereocenters. The minimum Gasteiger partial charge on any atom is -0.497 e. The largest absolute Gasteiger partial charge is 0.497 e. The Labute approximate surface area is 203 Å². The number of hydrogen-bond acceptors (Lipinski definition) is 6. The summed E-state index contributed by atoms with van der Waals surface area (Å²) in [4.78, 5) is 36.1. The van der Waals surface area contributed by atoms with Crippen LogP contribution in [-0.4, -0.2) is 37.7 Å². The summed E-state index contributed by atoms with van der Waals surface area (Å²) in [5.41, 5.74) is 6.08. The molecule has 35 heavy (non-hydrogen) atoms. The Morgan fingerprint density at radius 2 is 1.57 bits per heavy atom. The van der Waals surface area contributed by atoms with E-state index < -0.39 is 11.8 Å². The van der Waals surface area contributed by atoms with Crippen LogP contribution < -0.4 is 25.5 Å². The number of nitrogens with zero attached hydrogens (tertiary/aromatic N) is 1. The number of amides is 3. The minimum atomic E-state index is -0.888. The molecule has 3 N–H and O–H groups in total. The number of hydrazone groups is 1. The zero-order chi connectivity index (χ0) is 25.2. The quantitative estimate of drug-likeness (QED) is 0.263. The van der Waals surface area contributed by atoms with Gasteiger partial charge >= 0.3 is 11.8 Å². The number of methoxy groups -OCH3 is 1. The molecule has 3 amide bonds. The number of anilines is 2. The molecule has 0 fully saturated rings. The molecular formula is C26H26N4O5. The zero-order valence-electron chi connectivity index (χ0n) is 19.6. The molecule has 0 saturated heterocycles. The number of carbonyl (C=O) groups is 3. The van der Waals surface area contributed by atoms with Crippen molar-refractivity contribution in [1.29, 1.82) is 0 Å². The molecule has 0 aliphatic heterocycles. The molecule has 0 aromatic heterocycles. The summed E-state index contributed by atoms with van der Waals surface area (Å²) < 4.78 is 10.6. The van der Waals surface area contributed by atoms with Gasteiger partial charge in [0.15, 0.2) is 6.61 Å². The summed E-state index contributed by atoms with van der Waals surface area (Å²) in [5, 5.41) is 9.06. The summed E-state index contributed by atoms with van der Waals surface area (Å²) in [7, 11) is 1.55. The van der Waals surface area contributed by atoms with Crippen LogP contribution in [0, 0.1) is 13.8 Å². The van der Waals surface area contributed by atoms with Crippen molar-refractivity contribution < 1.29 is 23.9 Å². The normalized spacial score (nSPS) is 10.5. The average Bonchev–Trinajstić information content (AvgIpc) is 2.85. The van der Waals surface area contributed by atoms with E-state index in [1.807, 2.05) is 19.9 Å². The van der Waals surface area contributed by atoms with E-state index in [0.717, 1.165) is 11.1 Å². The Bertz CT molecular complexity index is 1240. The van der Waals surface area contributed by atoms with E-state index in [1.165, 1.54) is 6.21 Å². The molecule has 3 aromatic rings. The van der Waals surface area contributed by atoms with Crippen molar-refractivity contribution in [2.75, 3.05) is 24.4 Å². The standard InChI is InChI=1S/C26H26N4O5/c1-17-7-10-21(13-18(17)2)29-25(32)26(33)30-27-15-19-8-11-22(12-9-19)35-16-24(31)28-20-5-4-6-23(14-20)34-3/h4-15H,16H2,1-3H3,(H,28,31)(H,29,32)(H,30,33)/b27-15-. The van der Waals surface area contributed by atoms with Gasteiger partial charge in [-0.25, -0.2) is 5.43 Å². The topological polar surface area (TPSA) is 118 Å². The lowest BCUT2D eigenvalue weighted by Crippen LogP contribution is -2.32. The molecule has 0 spiro atoms. The van der Waals surface area contributed by atoms with E-state index in [9.17, 15) is 14.4 Å². The van der Waals surface area contributed by atoms with Gasteiger partial charge in [0, 0.05) is 17.4 Å². The van der Waals surface area contributed by atoms with Crippen LogP contribution in [0.3, 0.4) is 0 Å². The lowest BCUT2D eigenvalue weighted by atomic mass is 10.1. The summed E-state index contributed by atoms with van der Waals surface area (Å²) in [6, 6.07) is 19.1. The maximum atomic E-state index is 12.1. The van der Waals surface area contributed by atoms with Crippen LogP contribution in [0.2, 0.25) is 0 Å². The third-order valence-electron chi connectivity index (χ3n) is 4.95. The molecule has 9 heteroatoms. The van der Waals surface area contributed by atoms with Gasteiger partial charge in [-0.1, -0.05) is 12.1 Å². The highest BCUT2D eigenvalue weighted by Crippen LogP contribution is 2.17. The Morgan fingerprint density at radius 1 is 0.829 bits per heavy atom. The van der Waals surface area contributed by atoms with Crippen LogP contribution in [0.1, 0.15) is 16.7 Å². The van der Waals surface area contributed by atoms with E-state index in [0.29, 0.717) is 28.4 Å². The Kier molecular flexibility index (Phi) is 8.55.